The molecule has 0 aromatic heterocycles. The van der Waals surface area contributed by atoms with E-state index in [4.69, 9.17) is 4.74 Å². The highest BCUT2D eigenvalue weighted by molar-refractivity contribution is 5.97. The third-order valence-corrected chi connectivity index (χ3v) is 6.03. The maximum Gasteiger partial charge on any atom is 0.336 e. The Morgan fingerprint density at radius 2 is 1.90 bits per heavy atom. The highest BCUT2D eigenvalue weighted by Gasteiger charge is 2.37. The van der Waals surface area contributed by atoms with Gasteiger partial charge in [-0.2, -0.15) is 0 Å². The summed E-state index contributed by atoms with van der Waals surface area (Å²) in [5, 5.41) is 3.06. The molecule has 3 rings (SSSR count). The zero-order valence-corrected chi connectivity index (χ0v) is 18.2. The fourth-order valence-electron chi connectivity index (χ4n) is 4.51. The standard InChI is InChI=1S/C24H32N2O4/c1-4-30-24(29)23-17(3)26(15-21(27)25-19-11-6-5-7-12-19)22(28)14-20(23)18-10-8-9-16(2)13-18/h8-10,13,19-20H,4-7,11-12,14-15H2,1-3H3,(H,25,27). The maximum absolute atomic E-state index is 13.0. The molecular formula is C24H32N2O4. The first kappa shape index (κ1) is 22.1. The van der Waals surface area contributed by atoms with Crippen molar-refractivity contribution in [3.05, 3.63) is 46.7 Å². The van der Waals surface area contributed by atoms with Gasteiger partial charge in [0.2, 0.25) is 11.8 Å². The van der Waals surface area contributed by atoms with Crippen LogP contribution in [-0.4, -0.2) is 41.9 Å². The van der Waals surface area contributed by atoms with Gasteiger partial charge in [0.15, 0.2) is 0 Å². The Labute approximate surface area is 178 Å². The van der Waals surface area contributed by atoms with Crippen LogP contribution in [0.4, 0.5) is 0 Å². The smallest absolute Gasteiger partial charge is 0.336 e. The third kappa shape index (κ3) is 5.10. The average Bonchev–Trinajstić information content (AvgIpc) is 2.71. The number of benzene rings is 1. The summed E-state index contributed by atoms with van der Waals surface area (Å²) in [6.45, 7) is 5.67. The van der Waals surface area contributed by atoms with Crippen molar-refractivity contribution in [2.45, 2.75) is 71.3 Å². The van der Waals surface area contributed by atoms with Crippen molar-refractivity contribution in [2.75, 3.05) is 13.2 Å². The highest BCUT2D eigenvalue weighted by atomic mass is 16.5. The van der Waals surface area contributed by atoms with Crippen molar-refractivity contribution < 1.29 is 19.1 Å². The summed E-state index contributed by atoms with van der Waals surface area (Å²) in [4.78, 5) is 39.9. The molecule has 2 aliphatic rings. The molecule has 1 heterocycles. The van der Waals surface area contributed by atoms with E-state index in [0.29, 0.717) is 11.3 Å². The third-order valence-electron chi connectivity index (χ3n) is 6.03. The van der Waals surface area contributed by atoms with Crippen molar-refractivity contribution in [1.29, 1.82) is 0 Å². The van der Waals surface area contributed by atoms with Crippen LogP contribution in [0.2, 0.25) is 0 Å². The molecule has 2 amide bonds. The van der Waals surface area contributed by atoms with Crippen LogP contribution in [0.15, 0.2) is 35.5 Å². The number of amides is 2. The molecule has 1 N–H and O–H groups in total. The van der Waals surface area contributed by atoms with E-state index in [1.807, 2.05) is 31.2 Å². The zero-order valence-electron chi connectivity index (χ0n) is 18.2. The average molecular weight is 413 g/mol. The molecule has 1 aromatic rings. The number of esters is 1. The summed E-state index contributed by atoms with van der Waals surface area (Å²) in [7, 11) is 0. The molecule has 1 atom stereocenters. The number of hydrogen-bond acceptors (Lipinski definition) is 4. The van der Waals surface area contributed by atoms with Crippen LogP contribution in [0, 0.1) is 6.92 Å². The Morgan fingerprint density at radius 1 is 1.17 bits per heavy atom. The van der Waals surface area contributed by atoms with Gasteiger partial charge < -0.3 is 15.0 Å². The second-order valence-corrected chi connectivity index (χ2v) is 8.27. The van der Waals surface area contributed by atoms with Crippen LogP contribution >= 0.6 is 0 Å². The molecule has 1 saturated carbocycles. The topological polar surface area (TPSA) is 75.7 Å². The molecule has 1 fully saturated rings. The quantitative estimate of drug-likeness (QED) is 0.725. The van der Waals surface area contributed by atoms with Crippen molar-refractivity contribution in [2.24, 2.45) is 0 Å². The number of allylic oxidation sites excluding steroid dienone is 1. The molecule has 0 radical (unpaired) electrons. The van der Waals surface area contributed by atoms with Gasteiger partial charge in [-0.3, -0.25) is 9.59 Å². The molecule has 6 heteroatoms. The lowest BCUT2D eigenvalue weighted by atomic mass is 9.83. The molecule has 0 spiro atoms. The summed E-state index contributed by atoms with van der Waals surface area (Å²) >= 11 is 0. The summed E-state index contributed by atoms with van der Waals surface area (Å²) < 4.78 is 5.31. The maximum atomic E-state index is 13.0. The molecular weight excluding hydrogens is 380 g/mol. The van der Waals surface area contributed by atoms with E-state index in [-0.39, 0.29) is 43.3 Å². The molecule has 30 heavy (non-hydrogen) atoms. The zero-order chi connectivity index (χ0) is 21.7. The van der Waals surface area contributed by atoms with Crippen molar-refractivity contribution in [1.82, 2.24) is 10.2 Å². The molecule has 1 unspecified atom stereocenters. The minimum atomic E-state index is -0.424. The number of rotatable bonds is 6. The fourth-order valence-corrected chi connectivity index (χ4v) is 4.51. The fraction of sp³-hybridized carbons (Fsp3) is 0.542. The van der Waals surface area contributed by atoms with Crippen molar-refractivity contribution >= 4 is 17.8 Å². The summed E-state index contributed by atoms with van der Waals surface area (Å²) in [6.07, 6.45) is 5.57. The lowest BCUT2D eigenvalue weighted by Crippen LogP contribution is -2.46. The normalized spacial score (nSPS) is 20.3. The van der Waals surface area contributed by atoms with Gasteiger partial charge in [0.1, 0.15) is 6.54 Å². The number of aryl methyl sites for hydroxylation is 1. The number of ether oxygens (including phenoxy) is 1. The number of carbonyl (C=O) groups excluding carboxylic acids is 3. The van der Waals surface area contributed by atoms with E-state index in [9.17, 15) is 14.4 Å². The summed E-state index contributed by atoms with van der Waals surface area (Å²) in [5.41, 5.74) is 2.95. The van der Waals surface area contributed by atoms with Gasteiger partial charge in [0, 0.05) is 24.1 Å². The van der Waals surface area contributed by atoms with Gasteiger partial charge in [-0.05, 0) is 39.2 Å². The first-order chi connectivity index (χ1) is 14.4. The van der Waals surface area contributed by atoms with Crippen LogP contribution in [0.25, 0.3) is 0 Å². The Hall–Kier alpha value is -2.63. The van der Waals surface area contributed by atoms with Gasteiger partial charge >= 0.3 is 5.97 Å². The van der Waals surface area contributed by atoms with E-state index in [1.54, 1.807) is 13.8 Å². The van der Waals surface area contributed by atoms with Gasteiger partial charge in [0.05, 0.1) is 12.2 Å². The molecule has 0 saturated heterocycles. The van der Waals surface area contributed by atoms with Gasteiger partial charge in [-0.25, -0.2) is 4.79 Å². The highest BCUT2D eigenvalue weighted by Crippen LogP contribution is 2.37. The van der Waals surface area contributed by atoms with Crippen LogP contribution < -0.4 is 5.32 Å². The molecule has 1 aliphatic carbocycles. The van der Waals surface area contributed by atoms with Crippen molar-refractivity contribution in [3.8, 4) is 0 Å². The van der Waals surface area contributed by atoms with E-state index < -0.39 is 5.97 Å². The van der Waals surface area contributed by atoms with Gasteiger partial charge in [0.25, 0.3) is 0 Å². The minimum Gasteiger partial charge on any atom is -0.463 e. The Bertz CT molecular complexity index is 839. The second-order valence-electron chi connectivity index (χ2n) is 8.27. The summed E-state index contributed by atoms with van der Waals surface area (Å²) in [5.74, 6) is -1.11. The van der Waals surface area contributed by atoms with Crippen LogP contribution in [-0.2, 0) is 19.1 Å². The molecule has 162 valence electrons. The molecule has 1 aliphatic heterocycles. The largest absolute Gasteiger partial charge is 0.463 e. The van der Waals surface area contributed by atoms with E-state index >= 15 is 0 Å². The molecule has 1 aromatic carbocycles. The summed E-state index contributed by atoms with van der Waals surface area (Å²) in [6, 6.07) is 8.02. The van der Waals surface area contributed by atoms with E-state index in [0.717, 1.165) is 36.8 Å². The minimum absolute atomic E-state index is 0.0649. The number of nitrogens with zero attached hydrogens (tertiary/aromatic N) is 1. The molecule has 0 bridgehead atoms. The predicted octanol–water partition coefficient (Wildman–Crippen LogP) is 3.60. The van der Waals surface area contributed by atoms with Crippen LogP contribution in [0.3, 0.4) is 0 Å². The molecule has 6 nitrogen and oxygen atoms in total. The number of carbonyl (C=O) groups is 3. The Balaban J connectivity index is 1.86. The predicted molar refractivity (Wildman–Crippen MR) is 115 cm³/mol. The van der Waals surface area contributed by atoms with Crippen LogP contribution in [0.5, 0.6) is 0 Å². The van der Waals surface area contributed by atoms with Gasteiger partial charge in [-0.1, -0.05) is 49.1 Å². The second kappa shape index (κ2) is 9.92. The van der Waals surface area contributed by atoms with Crippen molar-refractivity contribution in [3.63, 3.8) is 0 Å². The Morgan fingerprint density at radius 3 is 2.57 bits per heavy atom. The van der Waals surface area contributed by atoms with E-state index in [1.165, 1.54) is 11.3 Å². The number of nitrogens with one attached hydrogen (secondary N) is 1. The number of hydrogen-bond donors (Lipinski definition) is 1. The van der Waals surface area contributed by atoms with Crippen LogP contribution in [0.1, 0.15) is 69.4 Å². The SMILES string of the molecule is CCOC(=O)C1=C(C)N(CC(=O)NC2CCCCC2)C(=O)CC1c1cccc(C)c1. The van der Waals surface area contributed by atoms with E-state index in [2.05, 4.69) is 5.32 Å². The van der Waals surface area contributed by atoms with Gasteiger partial charge in [-0.15, -0.1) is 0 Å². The lowest BCUT2D eigenvalue weighted by Gasteiger charge is -2.34. The Kier molecular flexibility index (Phi) is 7.29. The monoisotopic (exact) mass is 412 g/mol. The first-order valence-corrected chi connectivity index (χ1v) is 10.9. The first-order valence-electron chi connectivity index (χ1n) is 10.9. The lowest BCUT2D eigenvalue weighted by molar-refractivity contribution is -0.141.